The van der Waals surface area contributed by atoms with Gasteiger partial charge >= 0.3 is 0 Å². The number of amides is 1. The standard InChI is InChI=1S/C18H15NO4S/c20-18(19-13-15-5-4-12-23-15)14-8-10-17(11-9-14)24(21,22)16-6-2-1-3-7-16/h1-12H,13H2,(H,19,20). The Bertz CT molecular complexity index is 915. The van der Waals surface area contributed by atoms with Crippen LogP contribution in [0.15, 0.2) is 87.2 Å². The second kappa shape index (κ2) is 6.72. The molecule has 122 valence electrons. The first kappa shape index (κ1) is 16.0. The van der Waals surface area contributed by atoms with Crippen LogP contribution in [0.3, 0.4) is 0 Å². The van der Waals surface area contributed by atoms with E-state index in [9.17, 15) is 13.2 Å². The summed E-state index contributed by atoms with van der Waals surface area (Å²) < 4.78 is 30.1. The number of rotatable bonds is 5. The van der Waals surface area contributed by atoms with Gasteiger partial charge in [-0.15, -0.1) is 0 Å². The first-order valence-electron chi connectivity index (χ1n) is 7.28. The van der Waals surface area contributed by atoms with Gasteiger partial charge in [-0.2, -0.15) is 0 Å². The van der Waals surface area contributed by atoms with Crippen molar-refractivity contribution in [3.8, 4) is 0 Å². The van der Waals surface area contributed by atoms with Crippen molar-refractivity contribution in [2.75, 3.05) is 0 Å². The molecule has 1 N–H and O–H groups in total. The molecule has 3 aromatic rings. The number of carbonyl (C=O) groups is 1. The summed E-state index contributed by atoms with van der Waals surface area (Å²) in [6.45, 7) is 0.274. The van der Waals surface area contributed by atoms with Crippen molar-refractivity contribution in [2.24, 2.45) is 0 Å². The Balaban J connectivity index is 1.74. The van der Waals surface area contributed by atoms with Crippen molar-refractivity contribution in [3.63, 3.8) is 0 Å². The Morgan fingerprint density at radius 2 is 1.54 bits per heavy atom. The number of nitrogens with one attached hydrogen (secondary N) is 1. The average molecular weight is 341 g/mol. The van der Waals surface area contributed by atoms with Crippen molar-refractivity contribution in [1.82, 2.24) is 5.32 Å². The quantitative estimate of drug-likeness (QED) is 0.774. The van der Waals surface area contributed by atoms with Gasteiger partial charge < -0.3 is 9.73 Å². The molecule has 0 unspecified atom stereocenters. The molecule has 2 aromatic carbocycles. The van der Waals surface area contributed by atoms with E-state index >= 15 is 0 Å². The number of furan rings is 1. The van der Waals surface area contributed by atoms with Crippen molar-refractivity contribution in [3.05, 3.63) is 84.3 Å². The molecule has 1 amide bonds. The van der Waals surface area contributed by atoms with Gasteiger partial charge in [-0.05, 0) is 48.5 Å². The SMILES string of the molecule is O=C(NCc1ccco1)c1ccc(S(=O)(=O)c2ccccc2)cc1. The first-order chi connectivity index (χ1) is 11.6. The fraction of sp³-hybridized carbons (Fsp3) is 0.0556. The zero-order chi connectivity index (χ0) is 17.0. The van der Waals surface area contributed by atoms with E-state index in [0.717, 1.165) is 0 Å². The molecule has 1 heterocycles. The molecule has 5 nitrogen and oxygen atoms in total. The molecule has 0 saturated carbocycles. The van der Waals surface area contributed by atoms with E-state index in [1.165, 1.54) is 30.5 Å². The Kier molecular flexibility index (Phi) is 4.48. The molecule has 0 fully saturated rings. The molecule has 6 heteroatoms. The van der Waals surface area contributed by atoms with Crippen LogP contribution in [-0.2, 0) is 16.4 Å². The van der Waals surface area contributed by atoms with Crippen LogP contribution in [0.4, 0.5) is 0 Å². The van der Waals surface area contributed by atoms with Crippen LogP contribution in [0.1, 0.15) is 16.1 Å². The predicted octanol–water partition coefficient (Wildman–Crippen LogP) is 3.04. The molecule has 0 spiro atoms. The maximum Gasteiger partial charge on any atom is 0.251 e. The van der Waals surface area contributed by atoms with Gasteiger partial charge in [0.25, 0.3) is 5.91 Å². The van der Waals surface area contributed by atoms with E-state index in [1.807, 2.05) is 0 Å². The minimum Gasteiger partial charge on any atom is -0.467 e. The van der Waals surface area contributed by atoms with E-state index in [0.29, 0.717) is 11.3 Å². The Morgan fingerprint density at radius 3 is 2.17 bits per heavy atom. The third kappa shape index (κ3) is 3.38. The van der Waals surface area contributed by atoms with Crippen LogP contribution >= 0.6 is 0 Å². The molecule has 0 aliphatic heterocycles. The highest BCUT2D eigenvalue weighted by Gasteiger charge is 2.17. The van der Waals surface area contributed by atoms with Crippen LogP contribution in [0, 0.1) is 0 Å². The molecule has 0 aliphatic carbocycles. The summed E-state index contributed by atoms with van der Waals surface area (Å²) in [6, 6.07) is 17.5. The van der Waals surface area contributed by atoms with Crippen LogP contribution < -0.4 is 5.32 Å². The molecular formula is C18H15NO4S. The topological polar surface area (TPSA) is 76.4 Å². The Labute approximate surface area is 139 Å². The van der Waals surface area contributed by atoms with Crippen LogP contribution in [0.5, 0.6) is 0 Å². The second-order valence-electron chi connectivity index (χ2n) is 5.10. The van der Waals surface area contributed by atoms with Crippen LogP contribution in [-0.4, -0.2) is 14.3 Å². The molecule has 0 radical (unpaired) electrons. The first-order valence-corrected chi connectivity index (χ1v) is 8.76. The van der Waals surface area contributed by atoms with E-state index in [4.69, 9.17) is 4.42 Å². The number of benzene rings is 2. The lowest BCUT2D eigenvalue weighted by Gasteiger charge is -2.06. The van der Waals surface area contributed by atoms with Gasteiger partial charge in [0.15, 0.2) is 0 Å². The molecule has 24 heavy (non-hydrogen) atoms. The third-order valence-electron chi connectivity index (χ3n) is 3.48. The predicted molar refractivity (Wildman–Crippen MR) is 88.2 cm³/mol. The number of sulfone groups is 1. The van der Waals surface area contributed by atoms with Crippen molar-refractivity contribution in [2.45, 2.75) is 16.3 Å². The maximum absolute atomic E-state index is 12.5. The summed E-state index contributed by atoms with van der Waals surface area (Å²) in [5, 5.41) is 2.71. The summed E-state index contributed by atoms with van der Waals surface area (Å²) in [5.74, 6) is 0.349. The molecular weight excluding hydrogens is 326 g/mol. The highest BCUT2D eigenvalue weighted by Crippen LogP contribution is 2.20. The third-order valence-corrected chi connectivity index (χ3v) is 5.27. The summed E-state index contributed by atoms with van der Waals surface area (Å²) in [5.41, 5.74) is 0.383. The largest absolute Gasteiger partial charge is 0.467 e. The van der Waals surface area contributed by atoms with Gasteiger partial charge in [0.2, 0.25) is 9.84 Å². The smallest absolute Gasteiger partial charge is 0.251 e. The highest BCUT2D eigenvalue weighted by atomic mass is 32.2. The fourth-order valence-corrected chi connectivity index (χ4v) is 3.49. The van der Waals surface area contributed by atoms with Crippen LogP contribution in [0.2, 0.25) is 0 Å². The molecule has 0 saturated heterocycles. The van der Waals surface area contributed by atoms with Crippen molar-refractivity contribution < 1.29 is 17.6 Å². The zero-order valence-corrected chi connectivity index (χ0v) is 13.5. The summed E-state index contributed by atoms with van der Waals surface area (Å²) in [6.07, 6.45) is 1.53. The Hall–Kier alpha value is -2.86. The molecule has 1 aromatic heterocycles. The maximum atomic E-state index is 12.5. The summed E-state index contributed by atoms with van der Waals surface area (Å²) >= 11 is 0. The zero-order valence-electron chi connectivity index (χ0n) is 12.7. The average Bonchev–Trinajstić information content (AvgIpc) is 3.14. The molecule has 0 atom stereocenters. The lowest BCUT2D eigenvalue weighted by molar-refractivity contribution is 0.0948. The lowest BCUT2D eigenvalue weighted by atomic mass is 10.2. The van der Waals surface area contributed by atoms with Crippen molar-refractivity contribution >= 4 is 15.7 Å². The number of hydrogen-bond acceptors (Lipinski definition) is 4. The van der Waals surface area contributed by atoms with Crippen LogP contribution in [0.25, 0.3) is 0 Å². The minimum absolute atomic E-state index is 0.149. The van der Waals surface area contributed by atoms with Gasteiger partial charge in [0, 0.05) is 5.56 Å². The van der Waals surface area contributed by atoms with E-state index in [1.54, 1.807) is 42.5 Å². The minimum atomic E-state index is -3.58. The molecule has 0 aliphatic rings. The normalized spacial score (nSPS) is 11.2. The lowest BCUT2D eigenvalue weighted by Crippen LogP contribution is -2.22. The Morgan fingerprint density at radius 1 is 0.875 bits per heavy atom. The summed E-state index contributed by atoms with van der Waals surface area (Å²) in [4.78, 5) is 12.4. The van der Waals surface area contributed by atoms with E-state index in [2.05, 4.69) is 5.32 Å². The monoisotopic (exact) mass is 341 g/mol. The summed E-state index contributed by atoms with van der Waals surface area (Å²) in [7, 11) is -3.58. The van der Waals surface area contributed by atoms with Gasteiger partial charge in [-0.3, -0.25) is 4.79 Å². The van der Waals surface area contributed by atoms with Gasteiger partial charge in [-0.1, -0.05) is 18.2 Å². The molecule has 0 bridgehead atoms. The number of carbonyl (C=O) groups excluding carboxylic acids is 1. The van der Waals surface area contributed by atoms with Crippen molar-refractivity contribution in [1.29, 1.82) is 0 Å². The fourth-order valence-electron chi connectivity index (χ4n) is 2.20. The second-order valence-corrected chi connectivity index (χ2v) is 7.05. The van der Waals surface area contributed by atoms with Gasteiger partial charge in [0.1, 0.15) is 5.76 Å². The van der Waals surface area contributed by atoms with Gasteiger partial charge in [-0.25, -0.2) is 8.42 Å². The highest BCUT2D eigenvalue weighted by molar-refractivity contribution is 7.91. The van der Waals surface area contributed by atoms with Gasteiger partial charge in [0.05, 0.1) is 22.6 Å². The molecule has 3 rings (SSSR count). The number of hydrogen-bond donors (Lipinski definition) is 1. The van der Waals surface area contributed by atoms with E-state index in [-0.39, 0.29) is 22.2 Å². The van der Waals surface area contributed by atoms with E-state index < -0.39 is 9.84 Å².